The molecule has 3 N–H and O–H groups in total. The van der Waals surface area contributed by atoms with E-state index in [1.54, 1.807) is 0 Å². The molecule has 0 bridgehead atoms. The van der Waals surface area contributed by atoms with Crippen molar-refractivity contribution in [2.45, 2.75) is 18.9 Å². The molecule has 1 atom stereocenters. The first kappa shape index (κ1) is 8.10. The Kier molecular flexibility index (Phi) is 3.62. The predicted octanol–water partition coefficient (Wildman–Crippen LogP) is -2.67. The molecule has 4 heteroatoms. The summed E-state index contributed by atoms with van der Waals surface area (Å²) in [5, 5.41) is 9.92. The molecule has 0 aromatic carbocycles. The molecule has 0 saturated carbocycles. The van der Waals surface area contributed by atoms with Gasteiger partial charge in [-0.25, -0.2) is 0 Å². The first-order valence-corrected chi connectivity index (χ1v) is 2.66. The number of carbonyl (C=O) groups excluding carboxylic acids is 2. The Morgan fingerprint density at radius 2 is 2.33 bits per heavy atom. The van der Waals surface area contributed by atoms with E-state index >= 15 is 0 Å². The summed E-state index contributed by atoms with van der Waals surface area (Å²) in [6.07, 6.45) is 1.18. The van der Waals surface area contributed by atoms with Crippen molar-refractivity contribution < 1.29 is 20.4 Å². The summed E-state index contributed by atoms with van der Waals surface area (Å²) in [7, 11) is 0. The standard InChI is InChI=1S/C5H9NO3/c6-4(5(8)9)2-1-3-7/h3-4H,1-2,6H2,(H,8,9). The van der Waals surface area contributed by atoms with Crippen molar-refractivity contribution in [2.75, 3.05) is 0 Å². The summed E-state index contributed by atoms with van der Waals surface area (Å²) in [6, 6.07) is -0.754. The van der Waals surface area contributed by atoms with Crippen molar-refractivity contribution in [3.63, 3.8) is 0 Å². The third-order valence-corrected chi connectivity index (χ3v) is 0.966. The maximum Gasteiger partial charge on any atom is 0.125 e. The first-order chi connectivity index (χ1) is 4.18. The first-order valence-electron chi connectivity index (χ1n) is 2.66. The van der Waals surface area contributed by atoms with Gasteiger partial charge in [0, 0.05) is 12.8 Å². The van der Waals surface area contributed by atoms with Crippen LogP contribution in [0.4, 0.5) is 0 Å². The molecule has 0 amide bonds. The highest BCUT2D eigenvalue weighted by Crippen LogP contribution is 1.86. The van der Waals surface area contributed by atoms with E-state index in [2.05, 4.69) is 5.73 Å². The average Bonchev–Trinajstić information content (AvgIpc) is 1.82. The van der Waals surface area contributed by atoms with Crippen molar-refractivity contribution >= 4 is 12.3 Å². The Hall–Kier alpha value is -0.900. The number of hydrogen-bond acceptors (Lipinski definition) is 3. The monoisotopic (exact) mass is 131 g/mol. The molecule has 0 saturated heterocycles. The van der Waals surface area contributed by atoms with Gasteiger partial charge in [-0.15, -0.1) is 0 Å². The summed E-state index contributed by atoms with van der Waals surface area (Å²) < 4.78 is 0. The number of hydrogen-bond donors (Lipinski definition) is 1. The second-order valence-electron chi connectivity index (χ2n) is 1.76. The average molecular weight is 131 g/mol. The van der Waals surface area contributed by atoms with E-state index in [9.17, 15) is 14.7 Å². The van der Waals surface area contributed by atoms with E-state index in [0.717, 1.165) is 0 Å². The van der Waals surface area contributed by atoms with Gasteiger partial charge >= 0.3 is 0 Å². The van der Waals surface area contributed by atoms with E-state index in [-0.39, 0.29) is 12.8 Å². The van der Waals surface area contributed by atoms with Crippen LogP contribution < -0.4 is 10.8 Å². The van der Waals surface area contributed by atoms with Crippen LogP contribution in [0, 0.1) is 0 Å². The topological polar surface area (TPSA) is 84.8 Å². The highest BCUT2D eigenvalue weighted by atomic mass is 16.4. The SMILES string of the molecule is [NH3+]C(CCC=O)C(=O)[O-]. The lowest BCUT2D eigenvalue weighted by molar-refractivity contribution is -0.438. The number of carbonyl (C=O) groups is 2. The largest absolute Gasteiger partial charge is 0.544 e. The molecule has 0 aromatic heterocycles. The molecule has 9 heavy (non-hydrogen) atoms. The number of rotatable bonds is 4. The molecule has 0 rings (SSSR count). The molecule has 0 radical (unpaired) electrons. The van der Waals surface area contributed by atoms with Gasteiger partial charge in [0.25, 0.3) is 0 Å². The molecule has 0 aliphatic heterocycles. The van der Waals surface area contributed by atoms with Crippen LogP contribution >= 0.6 is 0 Å². The number of aliphatic carboxylic acids is 1. The van der Waals surface area contributed by atoms with Gasteiger partial charge in [0.2, 0.25) is 0 Å². The summed E-state index contributed by atoms with van der Waals surface area (Å²) in [6.45, 7) is 0. The fraction of sp³-hybridized carbons (Fsp3) is 0.600. The number of quaternary nitrogens is 1. The summed E-state index contributed by atoms with van der Waals surface area (Å²) >= 11 is 0. The fourth-order valence-corrected chi connectivity index (χ4v) is 0.387. The lowest BCUT2D eigenvalue weighted by Gasteiger charge is -2.05. The Labute approximate surface area is 52.7 Å². The zero-order valence-corrected chi connectivity index (χ0v) is 5.00. The third-order valence-electron chi connectivity index (χ3n) is 0.966. The van der Waals surface area contributed by atoms with Crippen molar-refractivity contribution in [1.29, 1.82) is 0 Å². The van der Waals surface area contributed by atoms with Gasteiger partial charge in [-0.1, -0.05) is 0 Å². The maximum atomic E-state index is 9.92. The third kappa shape index (κ3) is 3.66. The van der Waals surface area contributed by atoms with Crippen LogP contribution in [0.2, 0.25) is 0 Å². The maximum absolute atomic E-state index is 9.92. The zero-order valence-electron chi connectivity index (χ0n) is 5.00. The molecular formula is C5H9NO3. The Morgan fingerprint density at radius 3 is 2.67 bits per heavy atom. The molecule has 0 aliphatic rings. The van der Waals surface area contributed by atoms with E-state index in [0.29, 0.717) is 6.29 Å². The second kappa shape index (κ2) is 4.03. The van der Waals surface area contributed by atoms with Crippen LogP contribution in [0.1, 0.15) is 12.8 Å². The minimum Gasteiger partial charge on any atom is -0.544 e. The highest BCUT2D eigenvalue weighted by Gasteiger charge is 2.04. The Morgan fingerprint density at radius 1 is 1.78 bits per heavy atom. The van der Waals surface area contributed by atoms with Crippen LogP contribution in [0.3, 0.4) is 0 Å². The molecular weight excluding hydrogens is 122 g/mol. The van der Waals surface area contributed by atoms with Gasteiger partial charge in [-0.3, -0.25) is 0 Å². The quantitative estimate of drug-likeness (QED) is 0.422. The van der Waals surface area contributed by atoms with Gasteiger partial charge in [0.1, 0.15) is 12.3 Å². The number of carboxylic acid groups (broad SMARTS) is 1. The molecule has 0 heterocycles. The molecule has 52 valence electrons. The Balaban J connectivity index is 3.37. The van der Waals surface area contributed by atoms with E-state index in [1.165, 1.54) is 0 Å². The lowest BCUT2D eigenvalue weighted by atomic mass is 10.2. The minimum absolute atomic E-state index is 0.238. The van der Waals surface area contributed by atoms with Crippen molar-refractivity contribution in [1.82, 2.24) is 0 Å². The fourth-order valence-electron chi connectivity index (χ4n) is 0.387. The summed E-state index contributed by atoms with van der Waals surface area (Å²) in [4.78, 5) is 19.6. The van der Waals surface area contributed by atoms with Crippen molar-refractivity contribution in [3.8, 4) is 0 Å². The van der Waals surface area contributed by atoms with Gasteiger partial charge < -0.3 is 20.4 Å². The summed E-state index contributed by atoms with van der Waals surface area (Å²) in [5.41, 5.74) is 3.25. The van der Waals surface area contributed by atoms with E-state index in [4.69, 9.17) is 0 Å². The van der Waals surface area contributed by atoms with Crippen LogP contribution in [0.5, 0.6) is 0 Å². The molecule has 0 fully saturated rings. The Bertz CT molecular complexity index is 113. The number of carboxylic acids is 1. The van der Waals surface area contributed by atoms with E-state index < -0.39 is 12.0 Å². The molecule has 1 unspecified atom stereocenters. The van der Waals surface area contributed by atoms with Crippen LogP contribution in [-0.2, 0) is 9.59 Å². The number of aldehydes is 1. The van der Waals surface area contributed by atoms with Gasteiger partial charge in [-0.2, -0.15) is 0 Å². The van der Waals surface area contributed by atoms with Crippen molar-refractivity contribution in [2.24, 2.45) is 0 Å². The van der Waals surface area contributed by atoms with Crippen LogP contribution in [0.15, 0.2) is 0 Å². The molecule has 0 aliphatic carbocycles. The molecule has 4 nitrogen and oxygen atoms in total. The van der Waals surface area contributed by atoms with Gasteiger partial charge in [0.15, 0.2) is 0 Å². The predicted molar refractivity (Wildman–Crippen MR) is 27.0 cm³/mol. The minimum atomic E-state index is -1.20. The van der Waals surface area contributed by atoms with Gasteiger partial charge in [-0.05, 0) is 0 Å². The smallest absolute Gasteiger partial charge is 0.125 e. The second-order valence-corrected chi connectivity index (χ2v) is 1.76. The normalized spacial score (nSPS) is 12.6. The molecule has 0 spiro atoms. The highest BCUT2D eigenvalue weighted by molar-refractivity contribution is 5.69. The zero-order chi connectivity index (χ0) is 7.28. The van der Waals surface area contributed by atoms with Crippen LogP contribution in [-0.4, -0.2) is 18.3 Å². The van der Waals surface area contributed by atoms with E-state index in [1.807, 2.05) is 0 Å². The van der Waals surface area contributed by atoms with Crippen molar-refractivity contribution in [3.05, 3.63) is 0 Å². The lowest BCUT2D eigenvalue weighted by Crippen LogP contribution is -2.68. The van der Waals surface area contributed by atoms with Crippen LogP contribution in [0.25, 0.3) is 0 Å². The summed E-state index contributed by atoms with van der Waals surface area (Å²) in [5.74, 6) is -1.20. The molecule has 0 aromatic rings. The van der Waals surface area contributed by atoms with Gasteiger partial charge in [0.05, 0.1) is 5.97 Å².